The number of carbonyl (C=O) groups is 3. The number of ether oxygens (including phenoxy) is 1. The Bertz CT molecular complexity index is 317. The molecule has 6 nitrogen and oxygen atoms in total. The summed E-state index contributed by atoms with van der Waals surface area (Å²) in [4.78, 5) is 29.1. The summed E-state index contributed by atoms with van der Waals surface area (Å²) in [6.07, 6.45) is -5.46. The fourth-order valence-electron chi connectivity index (χ4n) is 0.261. The zero-order chi connectivity index (χ0) is 13.4. The molecule has 0 aliphatic rings. The number of halogens is 3. The maximum Gasteiger partial charge on any atom is 0.490 e. The molecule has 0 bridgehead atoms. The number of nitriles is 1. The summed E-state index contributed by atoms with van der Waals surface area (Å²) in [5, 5.41) is 15.0. The Labute approximate surface area is 87.2 Å². The number of carbonyl (C=O) groups excluding carboxylic acids is 2. The molecule has 0 unspecified atom stereocenters. The lowest BCUT2D eigenvalue weighted by Crippen LogP contribution is -2.21. The van der Waals surface area contributed by atoms with Crippen molar-refractivity contribution in [1.29, 1.82) is 5.26 Å². The highest BCUT2D eigenvalue weighted by Gasteiger charge is 2.38. The van der Waals surface area contributed by atoms with Crippen LogP contribution in [0.1, 0.15) is 13.3 Å². The van der Waals surface area contributed by atoms with Gasteiger partial charge in [-0.05, 0) is 0 Å². The first-order valence-corrected chi connectivity index (χ1v) is 3.49. The Hall–Kier alpha value is -2.11. The third-order valence-electron chi connectivity index (χ3n) is 0.723. The smallest absolute Gasteiger partial charge is 0.475 e. The number of carboxylic acids is 1. The maximum atomic E-state index is 10.6. The van der Waals surface area contributed by atoms with Crippen molar-refractivity contribution in [1.82, 2.24) is 0 Å². The highest BCUT2D eigenvalue weighted by atomic mass is 19.4. The summed E-state index contributed by atoms with van der Waals surface area (Å²) in [6.45, 7) is 1.11. The first kappa shape index (κ1) is 16.3. The second-order valence-electron chi connectivity index (χ2n) is 2.10. The van der Waals surface area contributed by atoms with E-state index in [1.165, 1.54) is 0 Å². The molecular weight excluding hydrogens is 235 g/mol. The second kappa shape index (κ2) is 7.22. The maximum absolute atomic E-state index is 10.6. The van der Waals surface area contributed by atoms with Gasteiger partial charge in [0.1, 0.15) is 6.42 Å². The predicted octanol–water partition coefficient (Wildman–Crippen LogP) is 0.623. The standard InChI is InChI=1S/C5H5NO3.C2HF3O2/c1-4(7)9-5(8)2-3-6;3-2(4,5)1(6)7/h2H2,1H3;(H,6,7). The number of aliphatic carboxylic acids is 1. The lowest BCUT2D eigenvalue weighted by atomic mass is 10.5. The van der Waals surface area contributed by atoms with Gasteiger partial charge in [0, 0.05) is 6.92 Å². The molecule has 0 amide bonds. The summed E-state index contributed by atoms with van der Waals surface area (Å²) in [6, 6.07) is 1.55. The quantitative estimate of drug-likeness (QED) is 0.533. The molecule has 16 heavy (non-hydrogen) atoms. The van der Waals surface area contributed by atoms with Gasteiger partial charge >= 0.3 is 24.1 Å². The largest absolute Gasteiger partial charge is 0.490 e. The van der Waals surface area contributed by atoms with Crippen LogP contribution < -0.4 is 0 Å². The molecule has 0 saturated carbocycles. The van der Waals surface area contributed by atoms with Crippen LogP contribution in [0, 0.1) is 11.3 Å². The van der Waals surface area contributed by atoms with E-state index in [-0.39, 0.29) is 6.42 Å². The zero-order valence-corrected chi connectivity index (χ0v) is 7.87. The summed E-state index contributed by atoms with van der Waals surface area (Å²) in [5.41, 5.74) is 0. The Morgan fingerprint density at radius 3 is 1.94 bits per heavy atom. The summed E-state index contributed by atoms with van der Waals surface area (Å²) >= 11 is 0. The van der Waals surface area contributed by atoms with Crippen LogP contribution in [0.25, 0.3) is 0 Å². The molecule has 0 aliphatic heterocycles. The molecule has 9 heteroatoms. The molecule has 0 aromatic carbocycles. The minimum atomic E-state index is -5.08. The Morgan fingerprint density at radius 1 is 1.38 bits per heavy atom. The molecule has 0 spiro atoms. The van der Waals surface area contributed by atoms with E-state index >= 15 is 0 Å². The third kappa shape index (κ3) is 11.9. The number of hydrogen-bond acceptors (Lipinski definition) is 5. The average Bonchev–Trinajstić information content (AvgIpc) is 2.01. The van der Waals surface area contributed by atoms with Crippen molar-refractivity contribution in [3.63, 3.8) is 0 Å². The van der Waals surface area contributed by atoms with Crippen LogP contribution in [-0.4, -0.2) is 29.2 Å². The van der Waals surface area contributed by atoms with Crippen molar-refractivity contribution >= 4 is 17.9 Å². The highest BCUT2D eigenvalue weighted by molar-refractivity contribution is 5.85. The lowest BCUT2D eigenvalue weighted by Gasteiger charge is -1.93. The lowest BCUT2D eigenvalue weighted by molar-refractivity contribution is -0.192. The van der Waals surface area contributed by atoms with E-state index < -0.39 is 24.1 Å². The SMILES string of the molecule is CC(=O)OC(=O)CC#N.O=C(O)C(F)(F)F. The van der Waals surface area contributed by atoms with Gasteiger partial charge in [-0.2, -0.15) is 18.4 Å². The van der Waals surface area contributed by atoms with Gasteiger partial charge in [0.2, 0.25) is 0 Å². The Morgan fingerprint density at radius 2 is 1.75 bits per heavy atom. The van der Waals surface area contributed by atoms with Crippen LogP contribution in [0.5, 0.6) is 0 Å². The van der Waals surface area contributed by atoms with Crippen LogP contribution in [0.4, 0.5) is 13.2 Å². The van der Waals surface area contributed by atoms with Gasteiger partial charge < -0.3 is 9.84 Å². The third-order valence-corrected chi connectivity index (χ3v) is 0.723. The molecule has 0 heterocycles. The average molecular weight is 241 g/mol. The van der Waals surface area contributed by atoms with Gasteiger partial charge in [-0.1, -0.05) is 0 Å². The summed E-state index contributed by atoms with van der Waals surface area (Å²) in [7, 11) is 0. The van der Waals surface area contributed by atoms with Gasteiger partial charge in [0.15, 0.2) is 0 Å². The van der Waals surface area contributed by atoms with Crippen molar-refractivity contribution < 1.29 is 37.4 Å². The number of nitrogens with zero attached hydrogens (tertiary/aromatic N) is 1. The van der Waals surface area contributed by atoms with Crippen LogP contribution in [-0.2, 0) is 19.1 Å². The second-order valence-corrected chi connectivity index (χ2v) is 2.10. The summed E-state index contributed by atoms with van der Waals surface area (Å²) < 4.78 is 35.7. The fraction of sp³-hybridized carbons (Fsp3) is 0.429. The molecule has 0 rings (SSSR count). The van der Waals surface area contributed by atoms with Crippen LogP contribution in [0.15, 0.2) is 0 Å². The molecular formula is C7H6F3NO5. The van der Waals surface area contributed by atoms with Gasteiger partial charge in [0.05, 0.1) is 6.07 Å². The molecule has 90 valence electrons. The van der Waals surface area contributed by atoms with Crippen LogP contribution in [0.2, 0.25) is 0 Å². The van der Waals surface area contributed by atoms with E-state index in [4.69, 9.17) is 15.2 Å². The van der Waals surface area contributed by atoms with Crippen molar-refractivity contribution in [2.45, 2.75) is 19.5 Å². The molecule has 0 atom stereocenters. The first-order valence-electron chi connectivity index (χ1n) is 3.49. The number of hydrogen-bond donors (Lipinski definition) is 1. The van der Waals surface area contributed by atoms with Gasteiger partial charge in [-0.3, -0.25) is 9.59 Å². The van der Waals surface area contributed by atoms with E-state index in [1.807, 2.05) is 0 Å². The van der Waals surface area contributed by atoms with Crippen LogP contribution in [0.3, 0.4) is 0 Å². The molecule has 0 saturated heterocycles. The van der Waals surface area contributed by atoms with Crippen molar-refractivity contribution in [2.24, 2.45) is 0 Å². The molecule has 0 fully saturated rings. The van der Waals surface area contributed by atoms with E-state index in [0.29, 0.717) is 0 Å². The first-order chi connectivity index (χ1) is 7.11. The monoisotopic (exact) mass is 241 g/mol. The minimum Gasteiger partial charge on any atom is -0.475 e. The van der Waals surface area contributed by atoms with Gasteiger partial charge in [0.25, 0.3) is 0 Å². The van der Waals surface area contributed by atoms with Crippen molar-refractivity contribution in [3.8, 4) is 6.07 Å². The number of alkyl halides is 3. The van der Waals surface area contributed by atoms with Gasteiger partial charge in [-0.25, -0.2) is 4.79 Å². The minimum absolute atomic E-state index is 0.375. The van der Waals surface area contributed by atoms with Crippen LogP contribution >= 0.6 is 0 Å². The molecule has 0 radical (unpaired) electrons. The van der Waals surface area contributed by atoms with Crippen molar-refractivity contribution in [3.05, 3.63) is 0 Å². The Balaban J connectivity index is 0. The van der Waals surface area contributed by atoms with E-state index in [0.717, 1.165) is 6.92 Å². The number of carboxylic acid groups (broad SMARTS) is 1. The molecule has 0 aromatic rings. The fourth-order valence-corrected chi connectivity index (χ4v) is 0.261. The zero-order valence-electron chi connectivity index (χ0n) is 7.87. The molecule has 0 aromatic heterocycles. The number of rotatable bonds is 1. The topological polar surface area (TPSA) is 104 Å². The number of esters is 2. The summed E-state index contributed by atoms with van der Waals surface area (Å²) in [5.74, 6) is -4.24. The van der Waals surface area contributed by atoms with E-state index in [1.54, 1.807) is 6.07 Å². The van der Waals surface area contributed by atoms with Crippen molar-refractivity contribution in [2.75, 3.05) is 0 Å². The molecule has 0 aliphatic carbocycles. The van der Waals surface area contributed by atoms with E-state index in [2.05, 4.69) is 4.74 Å². The van der Waals surface area contributed by atoms with Gasteiger partial charge in [-0.15, -0.1) is 0 Å². The molecule has 1 N–H and O–H groups in total. The highest BCUT2D eigenvalue weighted by Crippen LogP contribution is 2.13. The predicted molar refractivity (Wildman–Crippen MR) is 40.7 cm³/mol. The normalized spacial score (nSPS) is 9.19. The Kier molecular flexibility index (Phi) is 7.36. The van der Waals surface area contributed by atoms with E-state index in [9.17, 15) is 22.8 Å².